The van der Waals surface area contributed by atoms with E-state index in [1.54, 1.807) is 6.26 Å². The van der Waals surface area contributed by atoms with Crippen LogP contribution < -0.4 is 5.73 Å². The average Bonchev–Trinajstić information content (AvgIpc) is 2.84. The molecule has 1 aromatic heterocycles. The van der Waals surface area contributed by atoms with Crippen LogP contribution in [-0.2, 0) is 13.0 Å². The summed E-state index contributed by atoms with van der Waals surface area (Å²) in [5.41, 5.74) is 7.83. The monoisotopic (exact) mass is 244 g/mol. The van der Waals surface area contributed by atoms with E-state index in [-0.39, 0.29) is 0 Å². The van der Waals surface area contributed by atoms with Gasteiger partial charge in [-0.2, -0.15) is 0 Å². The number of anilines is 1. The highest BCUT2D eigenvalue weighted by molar-refractivity contribution is 5.39. The van der Waals surface area contributed by atoms with Gasteiger partial charge in [0.25, 0.3) is 0 Å². The van der Waals surface area contributed by atoms with Crippen molar-refractivity contribution < 1.29 is 4.42 Å². The third-order valence-corrected chi connectivity index (χ3v) is 2.99. The smallest absolute Gasteiger partial charge is 0.117 e. The van der Waals surface area contributed by atoms with Gasteiger partial charge in [0.1, 0.15) is 5.76 Å². The maximum absolute atomic E-state index is 5.66. The molecule has 0 amide bonds. The molecule has 0 saturated heterocycles. The lowest BCUT2D eigenvalue weighted by molar-refractivity contribution is 0.292. The molecule has 0 unspecified atom stereocenters. The lowest BCUT2D eigenvalue weighted by Crippen LogP contribution is -2.19. The largest absolute Gasteiger partial charge is 0.468 e. The van der Waals surface area contributed by atoms with Crippen LogP contribution in [0.15, 0.2) is 47.1 Å². The van der Waals surface area contributed by atoms with E-state index >= 15 is 0 Å². The Morgan fingerprint density at radius 2 is 1.94 bits per heavy atom. The second-order valence-corrected chi connectivity index (χ2v) is 4.66. The normalized spacial score (nSPS) is 11.0. The van der Waals surface area contributed by atoms with E-state index in [9.17, 15) is 0 Å². The number of rotatable bonds is 6. The number of hydrogen-bond donors (Lipinski definition) is 1. The highest BCUT2D eigenvalue weighted by Crippen LogP contribution is 2.09. The van der Waals surface area contributed by atoms with E-state index in [4.69, 9.17) is 10.2 Å². The highest BCUT2D eigenvalue weighted by atomic mass is 16.3. The lowest BCUT2D eigenvalue weighted by Gasteiger charge is -2.14. The van der Waals surface area contributed by atoms with Crippen LogP contribution in [0.25, 0.3) is 0 Å². The van der Waals surface area contributed by atoms with Crippen molar-refractivity contribution in [3.05, 3.63) is 54.0 Å². The van der Waals surface area contributed by atoms with Crippen LogP contribution in [0.2, 0.25) is 0 Å². The molecule has 0 aliphatic rings. The van der Waals surface area contributed by atoms with Gasteiger partial charge >= 0.3 is 0 Å². The zero-order valence-corrected chi connectivity index (χ0v) is 10.8. The van der Waals surface area contributed by atoms with E-state index in [2.05, 4.69) is 24.1 Å². The number of nitrogen functional groups attached to an aromatic ring is 1. The van der Waals surface area contributed by atoms with E-state index in [0.717, 1.165) is 37.4 Å². The number of hydrogen-bond acceptors (Lipinski definition) is 3. The Kier molecular flexibility index (Phi) is 4.42. The summed E-state index contributed by atoms with van der Waals surface area (Å²) in [7, 11) is 2.12. The van der Waals surface area contributed by atoms with Crippen molar-refractivity contribution in [2.24, 2.45) is 0 Å². The molecule has 0 saturated carbocycles. The third-order valence-electron chi connectivity index (χ3n) is 2.99. The third kappa shape index (κ3) is 3.93. The molecule has 2 N–H and O–H groups in total. The zero-order valence-electron chi connectivity index (χ0n) is 10.8. The Hall–Kier alpha value is -1.74. The summed E-state index contributed by atoms with van der Waals surface area (Å²) in [6.07, 6.45) is 3.95. The predicted molar refractivity (Wildman–Crippen MR) is 74.2 cm³/mol. The molecule has 3 heteroatoms. The van der Waals surface area contributed by atoms with Crippen molar-refractivity contribution in [3.8, 4) is 0 Å². The van der Waals surface area contributed by atoms with Crippen LogP contribution in [0.3, 0.4) is 0 Å². The van der Waals surface area contributed by atoms with E-state index in [0.29, 0.717) is 0 Å². The summed E-state index contributed by atoms with van der Waals surface area (Å²) >= 11 is 0. The fraction of sp³-hybridized carbons (Fsp3) is 0.333. The Balaban J connectivity index is 1.70. The summed E-state index contributed by atoms with van der Waals surface area (Å²) in [4.78, 5) is 2.27. The number of nitrogens with two attached hydrogens (primary N) is 1. The number of benzene rings is 1. The number of furan rings is 1. The van der Waals surface area contributed by atoms with Gasteiger partial charge in [-0.25, -0.2) is 0 Å². The zero-order chi connectivity index (χ0) is 12.8. The molecular weight excluding hydrogens is 224 g/mol. The topological polar surface area (TPSA) is 42.4 Å². The molecule has 1 heterocycles. The summed E-state index contributed by atoms with van der Waals surface area (Å²) in [5.74, 6) is 1.02. The Morgan fingerprint density at radius 3 is 2.61 bits per heavy atom. The second-order valence-electron chi connectivity index (χ2n) is 4.66. The average molecular weight is 244 g/mol. The van der Waals surface area contributed by atoms with Crippen molar-refractivity contribution >= 4 is 5.69 Å². The van der Waals surface area contributed by atoms with Gasteiger partial charge in [-0.1, -0.05) is 12.1 Å². The van der Waals surface area contributed by atoms with Gasteiger partial charge in [-0.05, 0) is 56.3 Å². The minimum atomic E-state index is 0.827. The number of aryl methyl sites for hydroxylation is 1. The molecule has 3 nitrogen and oxygen atoms in total. The van der Waals surface area contributed by atoms with Crippen molar-refractivity contribution in [1.82, 2.24) is 4.90 Å². The summed E-state index contributed by atoms with van der Waals surface area (Å²) in [6.45, 7) is 1.93. The van der Waals surface area contributed by atoms with Crippen LogP contribution in [0, 0.1) is 0 Å². The van der Waals surface area contributed by atoms with Crippen LogP contribution in [0.5, 0.6) is 0 Å². The van der Waals surface area contributed by atoms with E-state index in [1.165, 1.54) is 5.56 Å². The minimum Gasteiger partial charge on any atom is -0.468 e. The molecule has 0 spiro atoms. The molecule has 0 atom stereocenters. The SMILES string of the molecule is CN(CCCc1ccc(N)cc1)Cc1ccco1. The first-order valence-electron chi connectivity index (χ1n) is 6.29. The molecular formula is C15H20N2O. The highest BCUT2D eigenvalue weighted by Gasteiger charge is 2.02. The van der Waals surface area contributed by atoms with E-state index in [1.807, 2.05) is 24.3 Å². The summed E-state index contributed by atoms with van der Waals surface area (Å²) < 4.78 is 5.33. The molecule has 0 radical (unpaired) electrons. The molecule has 0 aliphatic heterocycles. The van der Waals surface area contributed by atoms with Gasteiger partial charge in [-0.15, -0.1) is 0 Å². The molecule has 0 bridgehead atoms. The number of nitrogens with zero attached hydrogens (tertiary/aromatic N) is 1. The fourth-order valence-electron chi connectivity index (χ4n) is 1.99. The first kappa shape index (κ1) is 12.7. The van der Waals surface area contributed by atoms with Crippen molar-refractivity contribution in [2.75, 3.05) is 19.3 Å². The van der Waals surface area contributed by atoms with Crippen LogP contribution >= 0.6 is 0 Å². The molecule has 0 fully saturated rings. The van der Waals surface area contributed by atoms with Crippen LogP contribution in [-0.4, -0.2) is 18.5 Å². The maximum Gasteiger partial charge on any atom is 0.117 e. The molecule has 96 valence electrons. The summed E-state index contributed by atoms with van der Waals surface area (Å²) in [5, 5.41) is 0. The van der Waals surface area contributed by atoms with Gasteiger partial charge in [0.2, 0.25) is 0 Å². The second kappa shape index (κ2) is 6.26. The molecule has 0 aliphatic carbocycles. The molecule has 1 aromatic carbocycles. The fourth-order valence-corrected chi connectivity index (χ4v) is 1.99. The quantitative estimate of drug-likeness (QED) is 0.794. The first-order chi connectivity index (χ1) is 8.74. The standard InChI is InChI=1S/C15H20N2O/c1-17(12-15-5-3-11-18-15)10-2-4-13-6-8-14(16)9-7-13/h3,5-9,11H,2,4,10,12,16H2,1H3. The Bertz CT molecular complexity index is 448. The van der Waals surface area contributed by atoms with Crippen LogP contribution in [0.1, 0.15) is 17.7 Å². The Morgan fingerprint density at radius 1 is 1.17 bits per heavy atom. The molecule has 2 aromatic rings. The van der Waals surface area contributed by atoms with Gasteiger partial charge in [0.05, 0.1) is 12.8 Å². The van der Waals surface area contributed by atoms with Crippen molar-refractivity contribution in [2.45, 2.75) is 19.4 Å². The van der Waals surface area contributed by atoms with Gasteiger partial charge in [-0.3, -0.25) is 4.90 Å². The minimum absolute atomic E-state index is 0.827. The summed E-state index contributed by atoms with van der Waals surface area (Å²) in [6, 6.07) is 12.1. The predicted octanol–water partition coefficient (Wildman–Crippen LogP) is 2.93. The van der Waals surface area contributed by atoms with Gasteiger partial charge in [0.15, 0.2) is 0 Å². The van der Waals surface area contributed by atoms with Crippen LogP contribution in [0.4, 0.5) is 5.69 Å². The molecule has 2 rings (SSSR count). The lowest BCUT2D eigenvalue weighted by atomic mass is 10.1. The molecule has 18 heavy (non-hydrogen) atoms. The van der Waals surface area contributed by atoms with Gasteiger partial charge in [0, 0.05) is 5.69 Å². The first-order valence-corrected chi connectivity index (χ1v) is 6.29. The Labute approximate surface area is 108 Å². The van der Waals surface area contributed by atoms with Gasteiger partial charge < -0.3 is 10.2 Å². The van der Waals surface area contributed by atoms with Crippen molar-refractivity contribution in [3.63, 3.8) is 0 Å². The van der Waals surface area contributed by atoms with E-state index < -0.39 is 0 Å². The van der Waals surface area contributed by atoms with Crippen molar-refractivity contribution in [1.29, 1.82) is 0 Å². The maximum atomic E-state index is 5.66.